The fourth-order valence-electron chi connectivity index (χ4n) is 2.37. The van der Waals surface area contributed by atoms with Crippen molar-refractivity contribution in [1.29, 1.82) is 0 Å². The highest BCUT2D eigenvalue weighted by molar-refractivity contribution is 5.78. The molecule has 0 fully saturated rings. The summed E-state index contributed by atoms with van der Waals surface area (Å²) in [6.45, 7) is 9.91. The second-order valence-corrected chi connectivity index (χ2v) is 7.34. The van der Waals surface area contributed by atoms with E-state index in [2.05, 4.69) is 5.32 Å². The zero-order valence-corrected chi connectivity index (χ0v) is 15.2. The molecule has 1 unspecified atom stereocenters. The van der Waals surface area contributed by atoms with E-state index in [1.807, 2.05) is 39.5 Å². The molecule has 0 radical (unpaired) electrons. The third-order valence-electron chi connectivity index (χ3n) is 3.78. The van der Waals surface area contributed by atoms with Crippen molar-refractivity contribution in [1.82, 2.24) is 10.2 Å². The van der Waals surface area contributed by atoms with Crippen LogP contribution in [0.5, 0.6) is 5.75 Å². The van der Waals surface area contributed by atoms with Crippen LogP contribution in [0.15, 0.2) is 18.2 Å². The zero-order valence-electron chi connectivity index (χ0n) is 15.2. The van der Waals surface area contributed by atoms with Crippen molar-refractivity contribution < 1.29 is 20.1 Å². The van der Waals surface area contributed by atoms with Gasteiger partial charge in [0.15, 0.2) is 0 Å². The third kappa shape index (κ3) is 6.11. The van der Waals surface area contributed by atoms with Gasteiger partial charge < -0.3 is 20.6 Å². The molecule has 1 rings (SSSR count). The summed E-state index contributed by atoms with van der Waals surface area (Å²) in [6, 6.07) is 4.72. The summed E-state index contributed by atoms with van der Waals surface area (Å²) >= 11 is 0. The molecule has 6 nitrogen and oxygen atoms in total. The van der Waals surface area contributed by atoms with E-state index in [0.29, 0.717) is 11.1 Å². The number of aliphatic hydroxyl groups excluding tert-OH is 2. The number of phenols is 1. The maximum Gasteiger partial charge on any atom is 0.234 e. The number of carbonyl (C=O) groups is 1. The molecular formula is C18H30N2O4. The highest BCUT2D eigenvalue weighted by Crippen LogP contribution is 2.25. The van der Waals surface area contributed by atoms with Crippen LogP contribution in [-0.4, -0.2) is 50.8 Å². The van der Waals surface area contributed by atoms with Crippen LogP contribution in [0.25, 0.3) is 0 Å². The zero-order chi connectivity index (χ0) is 18.5. The van der Waals surface area contributed by atoms with E-state index in [9.17, 15) is 20.1 Å². The third-order valence-corrected chi connectivity index (χ3v) is 3.78. The average molecular weight is 338 g/mol. The van der Waals surface area contributed by atoms with Crippen LogP contribution < -0.4 is 5.32 Å². The first-order valence-electron chi connectivity index (χ1n) is 8.19. The van der Waals surface area contributed by atoms with Gasteiger partial charge in [-0.3, -0.25) is 9.69 Å². The van der Waals surface area contributed by atoms with Gasteiger partial charge in [0.2, 0.25) is 5.91 Å². The summed E-state index contributed by atoms with van der Waals surface area (Å²) in [5.41, 5.74) is 0.660. The Balaban J connectivity index is 2.88. The number of hydrogen-bond acceptors (Lipinski definition) is 5. The predicted octanol–water partition coefficient (Wildman–Crippen LogP) is 1.54. The van der Waals surface area contributed by atoms with E-state index >= 15 is 0 Å². The number of carbonyl (C=O) groups excluding carboxylic acids is 1. The van der Waals surface area contributed by atoms with Crippen molar-refractivity contribution in [3.8, 4) is 5.75 Å². The van der Waals surface area contributed by atoms with Crippen molar-refractivity contribution in [3.63, 3.8) is 0 Å². The lowest BCUT2D eigenvalue weighted by Crippen LogP contribution is -2.49. The Labute approximate surface area is 144 Å². The van der Waals surface area contributed by atoms with Crippen molar-refractivity contribution in [3.05, 3.63) is 29.3 Å². The maximum atomic E-state index is 12.1. The minimum atomic E-state index is -0.832. The van der Waals surface area contributed by atoms with E-state index < -0.39 is 6.10 Å². The molecule has 4 N–H and O–H groups in total. The number of rotatable bonds is 7. The lowest BCUT2D eigenvalue weighted by Gasteiger charge is -2.36. The lowest BCUT2D eigenvalue weighted by atomic mass is 10.0. The van der Waals surface area contributed by atoms with Gasteiger partial charge in [0.05, 0.1) is 19.3 Å². The van der Waals surface area contributed by atoms with Gasteiger partial charge in [0.25, 0.3) is 0 Å². The van der Waals surface area contributed by atoms with E-state index in [-0.39, 0.29) is 42.9 Å². The van der Waals surface area contributed by atoms with Crippen molar-refractivity contribution in [2.45, 2.75) is 58.9 Å². The van der Waals surface area contributed by atoms with Gasteiger partial charge in [-0.15, -0.1) is 0 Å². The normalized spacial score (nSPS) is 13.4. The summed E-state index contributed by atoms with van der Waals surface area (Å²) in [6.07, 6.45) is -0.832. The Kier molecular flexibility index (Phi) is 7.20. The molecule has 0 saturated heterocycles. The second kappa shape index (κ2) is 8.46. The molecule has 0 saturated carbocycles. The lowest BCUT2D eigenvalue weighted by molar-refractivity contribution is -0.124. The Morgan fingerprint density at radius 2 is 1.92 bits per heavy atom. The number of aliphatic hydroxyl groups is 2. The molecule has 1 aromatic rings. The topological polar surface area (TPSA) is 93.0 Å². The SMILES string of the molecule is CC(C)NC(=O)CN(CC(O)c1ccc(O)c(CO)c1)C(C)(C)C. The van der Waals surface area contributed by atoms with E-state index in [1.165, 1.54) is 6.07 Å². The van der Waals surface area contributed by atoms with Gasteiger partial charge in [-0.1, -0.05) is 6.07 Å². The molecule has 0 heterocycles. The molecule has 1 amide bonds. The number of nitrogens with zero attached hydrogens (tertiary/aromatic N) is 1. The fraction of sp³-hybridized carbons (Fsp3) is 0.611. The first kappa shape index (κ1) is 20.4. The van der Waals surface area contributed by atoms with Crippen molar-refractivity contribution in [2.24, 2.45) is 0 Å². The van der Waals surface area contributed by atoms with Gasteiger partial charge in [-0.25, -0.2) is 0 Å². The number of hydrogen-bond donors (Lipinski definition) is 4. The van der Waals surface area contributed by atoms with E-state index in [0.717, 1.165) is 0 Å². The molecule has 0 bridgehead atoms. The molecule has 136 valence electrons. The highest BCUT2D eigenvalue weighted by Gasteiger charge is 2.26. The Bertz CT molecular complexity index is 552. The minimum absolute atomic E-state index is 0.00237. The van der Waals surface area contributed by atoms with E-state index in [4.69, 9.17) is 0 Å². The average Bonchev–Trinajstić information content (AvgIpc) is 2.45. The number of amides is 1. The molecule has 0 aromatic heterocycles. The highest BCUT2D eigenvalue weighted by atomic mass is 16.3. The smallest absolute Gasteiger partial charge is 0.234 e. The van der Waals surface area contributed by atoms with Gasteiger partial charge in [0.1, 0.15) is 5.75 Å². The van der Waals surface area contributed by atoms with Crippen LogP contribution in [0.2, 0.25) is 0 Å². The molecule has 0 aliphatic carbocycles. The van der Waals surface area contributed by atoms with Gasteiger partial charge in [0, 0.05) is 23.7 Å². The van der Waals surface area contributed by atoms with Crippen LogP contribution >= 0.6 is 0 Å². The molecular weight excluding hydrogens is 308 g/mol. The maximum absolute atomic E-state index is 12.1. The van der Waals surface area contributed by atoms with Gasteiger partial charge in [-0.2, -0.15) is 0 Å². The summed E-state index contributed by atoms with van der Waals surface area (Å²) in [5, 5.41) is 32.2. The molecule has 0 aliphatic heterocycles. The Morgan fingerprint density at radius 3 is 2.42 bits per heavy atom. The van der Waals surface area contributed by atoms with Crippen LogP contribution in [0, 0.1) is 0 Å². The molecule has 0 aliphatic rings. The Morgan fingerprint density at radius 1 is 1.29 bits per heavy atom. The molecule has 6 heteroatoms. The van der Waals surface area contributed by atoms with Crippen LogP contribution in [-0.2, 0) is 11.4 Å². The number of benzene rings is 1. The van der Waals surface area contributed by atoms with Crippen LogP contribution in [0.1, 0.15) is 51.8 Å². The van der Waals surface area contributed by atoms with Crippen molar-refractivity contribution in [2.75, 3.05) is 13.1 Å². The summed E-state index contributed by atoms with van der Waals surface area (Å²) in [5.74, 6) is -0.0914. The second-order valence-electron chi connectivity index (χ2n) is 7.34. The van der Waals surface area contributed by atoms with Gasteiger partial charge >= 0.3 is 0 Å². The van der Waals surface area contributed by atoms with Crippen LogP contribution in [0.4, 0.5) is 0 Å². The number of aromatic hydroxyl groups is 1. The molecule has 1 atom stereocenters. The quantitative estimate of drug-likeness (QED) is 0.605. The van der Waals surface area contributed by atoms with E-state index in [1.54, 1.807) is 12.1 Å². The summed E-state index contributed by atoms with van der Waals surface area (Å²) in [7, 11) is 0. The fourth-order valence-corrected chi connectivity index (χ4v) is 2.37. The molecule has 0 spiro atoms. The Hall–Kier alpha value is -1.63. The standard InChI is InChI=1S/C18H30N2O4/c1-12(2)19-17(24)10-20(18(3,4)5)9-16(23)13-6-7-15(22)14(8-13)11-21/h6-8,12,16,21-23H,9-11H2,1-5H3,(H,19,24). The monoisotopic (exact) mass is 338 g/mol. The number of nitrogens with one attached hydrogen (secondary N) is 1. The van der Waals surface area contributed by atoms with Crippen molar-refractivity contribution >= 4 is 5.91 Å². The first-order chi connectivity index (χ1) is 11.0. The molecule has 1 aromatic carbocycles. The predicted molar refractivity (Wildman–Crippen MR) is 93.6 cm³/mol. The minimum Gasteiger partial charge on any atom is -0.508 e. The largest absolute Gasteiger partial charge is 0.508 e. The van der Waals surface area contributed by atoms with Crippen LogP contribution in [0.3, 0.4) is 0 Å². The van der Waals surface area contributed by atoms with Gasteiger partial charge in [-0.05, 0) is 52.3 Å². The summed E-state index contributed by atoms with van der Waals surface area (Å²) < 4.78 is 0. The number of β-amino-alcohol motifs (C(OH)–C–C–N with tert-alkyl or cyclic N) is 1. The summed E-state index contributed by atoms with van der Waals surface area (Å²) in [4.78, 5) is 14.0. The first-order valence-corrected chi connectivity index (χ1v) is 8.19. The molecule has 24 heavy (non-hydrogen) atoms.